The minimum atomic E-state index is -4.47. The fraction of sp³-hybridized carbons (Fsp3) is 0.182. The van der Waals surface area contributed by atoms with E-state index in [0.29, 0.717) is 17.1 Å². The Labute approximate surface area is 200 Å². The molecule has 8 nitrogen and oxygen atoms in total. The quantitative estimate of drug-likeness (QED) is 0.302. The van der Waals surface area contributed by atoms with Gasteiger partial charge in [0.05, 0.1) is 27.6 Å². The molecule has 0 heterocycles. The van der Waals surface area contributed by atoms with E-state index in [-0.39, 0.29) is 23.8 Å². The standard InChI is InChI=1S/C22H23N5O3S.Li/c1-3-27(4-2)21-13-9-19(10-14-21)25-23-17-5-7-18(8-6-17)24-26-20-11-15-22(16-12-20)31(28,29)30;/h5-16H,3-4H2,1-2H3,(H,28,29,30);/q;+1/p-1. The molecule has 0 saturated carbocycles. The minimum Gasteiger partial charge on any atom is -0.744 e. The van der Waals surface area contributed by atoms with Gasteiger partial charge in [0.15, 0.2) is 0 Å². The van der Waals surface area contributed by atoms with Crippen molar-refractivity contribution in [1.82, 2.24) is 0 Å². The van der Waals surface area contributed by atoms with Gasteiger partial charge in [-0.25, -0.2) is 8.42 Å². The van der Waals surface area contributed by atoms with Crippen LogP contribution in [0.4, 0.5) is 28.4 Å². The molecule has 0 fully saturated rings. The molecule has 0 aliphatic carbocycles. The molecule has 32 heavy (non-hydrogen) atoms. The van der Waals surface area contributed by atoms with E-state index >= 15 is 0 Å². The van der Waals surface area contributed by atoms with Crippen molar-refractivity contribution in [2.24, 2.45) is 20.5 Å². The zero-order valence-corrected chi connectivity index (χ0v) is 19.0. The molecule has 3 aromatic carbocycles. The second-order valence-electron chi connectivity index (χ2n) is 6.55. The van der Waals surface area contributed by atoms with Crippen molar-refractivity contribution in [2.45, 2.75) is 18.7 Å². The summed E-state index contributed by atoms with van der Waals surface area (Å²) in [6.07, 6.45) is 0. The van der Waals surface area contributed by atoms with Crippen LogP contribution in [-0.2, 0) is 10.1 Å². The summed E-state index contributed by atoms with van der Waals surface area (Å²) in [6.45, 7) is 6.15. The Hall–Kier alpha value is -2.83. The Morgan fingerprint density at radius 3 is 1.28 bits per heavy atom. The molecule has 0 N–H and O–H groups in total. The summed E-state index contributed by atoms with van der Waals surface area (Å²) in [4.78, 5) is 1.96. The molecule has 0 amide bonds. The molecule has 0 atom stereocenters. The summed E-state index contributed by atoms with van der Waals surface area (Å²) < 4.78 is 32.8. The molecule has 3 aromatic rings. The Bertz CT molecular complexity index is 1160. The Morgan fingerprint density at radius 1 is 0.656 bits per heavy atom. The average molecular weight is 443 g/mol. The maximum Gasteiger partial charge on any atom is 1.00 e. The molecule has 0 unspecified atom stereocenters. The number of benzene rings is 3. The summed E-state index contributed by atoms with van der Waals surface area (Å²) in [5.74, 6) is 0. The number of hydrogen-bond donors (Lipinski definition) is 0. The first-order chi connectivity index (χ1) is 14.9. The third kappa shape index (κ3) is 7.11. The number of hydrogen-bond acceptors (Lipinski definition) is 8. The van der Waals surface area contributed by atoms with Crippen LogP contribution in [0.1, 0.15) is 13.8 Å². The molecule has 0 aromatic heterocycles. The van der Waals surface area contributed by atoms with Crippen molar-refractivity contribution < 1.29 is 31.8 Å². The number of nitrogens with zero attached hydrogens (tertiary/aromatic N) is 5. The predicted molar refractivity (Wildman–Crippen MR) is 119 cm³/mol. The van der Waals surface area contributed by atoms with E-state index < -0.39 is 10.1 Å². The largest absolute Gasteiger partial charge is 1.00 e. The molecule has 0 aliphatic rings. The molecule has 0 aliphatic heterocycles. The third-order valence-electron chi connectivity index (χ3n) is 4.52. The summed E-state index contributed by atoms with van der Waals surface area (Å²) in [6, 6.07) is 20.2. The van der Waals surface area contributed by atoms with Gasteiger partial charge in [-0.2, -0.15) is 20.5 Å². The van der Waals surface area contributed by atoms with E-state index in [1.165, 1.54) is 24.3 Å². The van der Waals surface area contributed by atoms with Crippen LogP contribution in [0.3, 0.4) is 0 Å². The van der Waals surface area contributed by atoms with Crippen LogP contribution >= 0.6 is 0 Å². The number of rotatable bonds is 8. The molecule has 0 spiro atoms. The zero-order chi connectivity index (χ0) is 22.3. The predicted octanol–water partition coefficient (Wildman–Crippen LogP) is 3.27. The maximum absolute atomic E-state index is 10.9. The molecule has 160 valence electrons. The molecular weight excluding hydrogens is 421 g/mol. The van der Waals surface area contributed by atoms with Crippen LogP contribution in [0.15, 0.2) is 98.1 Å². The Morgan fingerprint density at radius 2 is 0.969 bits per heavy atom. The van der Waals surface area contributed by atoms with Crippen LogP contribution < -0.4 is 23.8 Å². The summed E-state index contributed by atoms with van der Waals surface area (Å²) in [7, 11) is -4.47. The maximum atomic E-state index is 10.9. The van der Waals surface area contributed by atoms with Crippen LogP contribution in [0.5, 0.6) is 0 Å². The molecule has 0 bridgehead atoms. The summed E-state index contributed by atoms with van der Waals surface area (Å²) >= 11 is 0. The summed E-state index contributed by atoms with van der Waals surface area (Å²) in [5, 5.41) is 16.6. The van der Waals surface area contributed by atoms with E-state index in [4.69, 9.17) is 0 Å². The van der Waals surface area contributed by atoms with Crippen molar-refractivity contribution in [3.8, 4) is 0 Å². The van der Waals surface area contributed by atoms with Crippen LogP contribution in [0.2, 0.25) is 0 Å². The second-order valence-corrected chi connectivity index (χ2v) is 7.93. The monoisotopic (exact) mass is 443 g/mol. The zero-order valence-electron chi connectivity index (χ0n) is 18.2. The normalized spacial score (nSPS) is 11.6. The smallest absolute Gasteiger partial charge is 0.744 e. The van der Waals surface area contributed by atoms with Crippen molar-refractivity contribution >= 4 is 38.6 Å². The first kappa shape index (κ1) is 25.4. The van der Waals surface area contributed by atoms with E-state index in [0.717, 1.165) is 24.5 Å². The number of anilines is 1. The van der Waals surface area contributed by atoms with Crippen molar-refractivity contribution in [1.29, 1.82) is 0 Å². The van der Waals surface area contributed by atoms with E-state index in [1.807, 2.05) is 24.3 Å². The fourth-order valence-corrected chi connectivity index (χ4v) is 3.28. The summed E-state index contributed by atoms with van der Waals surface area (Å²) in [5.41, 5.74) is 3.63. The van der Waals surface area contributed by atoms with Gasteiger partial charge in [0.1, 0.15) is 10.1 Å². The first-order valence-corrected chi connectivity index (χ1v) is 11.1. The molecule has 10 heteroatoms. The topological polar surface area (TPSA) is 110 Å². The van der Waals surface area contributed by atoms with Crippen LogP contribution in [-0.4, -0.2) is 26.1 Å². The molecular formula is C22H22LiN5O3S. The molecule has 0 saturated heterocycles. The van der Waals surface area contributed by atoms with Crippen LogP contribution in [0, 0.1) is 0 Å². The van der Waals surface area contributed by atoms with Gasteiger partial charge in [-0.3, -0.25) is 0 Å². The first-order valence-electron chi connectivity index (χ1n) is 9.73. The second kappa shape index (κ2) is 11.7. The fourth-order valence-electron chi connectivity index (χ4n) is 2.82. The third-order valence-corrected chi connectivity index (χ3v) is 5.36. The van der Waals surface area contributed by atoms with E-state index in [2.05, 4.69) is 39.2 Å². The van der Waals surface area contributed by atoms with Crippen LogP contribution in [0.25, 0.3) is 0 Å². The minimum absolute atomic E-state index is 0. The van der Waals surface area contributed by atoms with E-state index in [9.17, 15) is 13.0 Å². The molecule has 0 radical (unpaired) electrons. The van der Waals surface area contributed by atoms with Gasteiger partial charge < -0.3 is 9.45 Å². The van der Waals surface area contributed by atoms with Gasteiger partial charge in [0.25, 0.3) is 0 Å². The van der Waals surface area contributed by atoms with Gasteiger partial charge in [-0.15, -0.1) is 0 Å². The van der Waals surface area contributed by atoms with Gasteiger partial charge in [-0.05, 0) is 86.6 Å². The van der Waals surface area contributed by atoms with Gasteiger partial charge >= 0.3 is 18.9 Å². The Balaban J connectivity index is 0.00000363. The van der Waals surface area contributed by atoms with Gasteiger partial charge in [0.2, 0.25) is 0 Å². The van der Waals surface area contributed by atoms with Crippen molar-refractivity contribution in [3.05, 3.63) is 72.8 Å². The SMILES string of the molecule is CCN(CC)c1ccc(N=Nc2ccc(N=Nc3ccc(S(=O)(=O)[O-])cc3)cc2)cc1.[Li+]. The van der Waals surface area contributed by atoms with Gasteiger partial charge in [0, 0.05) is 18.8 Å². The van der Waals surface area contributed by atoms with Gasteiger partial charge in [-0.1, -0.05) is 0 Å². The van der Waals surface area contributed by atoms with Crippen molar-refractivity contribution in [3.63, 3.8) is 0 Å². The van der Waals surface area contributed by atoms with Crippen molar-refractivity contribution in [2.75, 3.05) is 18.0 Å². The van der Waals surface area contributed by atoms with E-state index in [1.54, 1.807) is 24.3 Å². The number of azo groups is 2. The average Bonchev–Trinajstić information content (AvgIpc) is 2.78. The Kier molecular flexibility index (Phi) is 9.29. The molecule has 3 rings (SSSR count).